The van der Waals surface area contributed by atoms with E-state index < -0.39 is 6.10 Å². The van der Waals surface area contributed by atoms with E-state index >= 15 is 0 Å². The second-order valence-electron chi connectivity index (χ2n) is 5.34. The zero-order valence-electron chi connectivity index (χ0n) is 12.9. The summed E-state index contributed by atoms with van der Waals surface area (Å²) in [5.74, 6) is 1.06. The molecular formula is C17H25NO3. The number of aliphatic hydroxyl groups excluding tert-OH is 1. The molecule has 0 spiro atoms. The Kier molecular flexibility index (Phi) is 6.23. The van der Waals surface area contributed by atoms with E-state index in [1.807, 2.05) is 18.2 Å². The number of benzene rings is 1. The van der Waals surface area contributed by atoms with Crippen LogP contribution in [0, 0.1) is 0 Å². The number of ether oxygens (including phenoxy) is 1. The molecule has 1 heterocycles. The molecule has 0 fully saturated rings. The highest BCUT2D eigenvalue weighted by Gasteiger charge is 2.13. The predicted molar refractivity (Wildman–Crippen MR) is 84.4 cm³/mol. The third-order valence-corrected chi connectivity index (χ3v) is 3.58. The maximum absolute atomic E-state index is 9.69. The summed E-state index contributed by atoms with van der Waals surface area (Å²) >= 11 is 0. The van der Waals surface area contributed by atoms with Crippen molar-refractivity contribution in [3.05, 3.63) is 35.6 Å². The summed E-state index contributed by atoms with van der Waals surface area (Å²) in [5, 5.41) is 14.1. The molecule has 2 rings (SSSR count). The molecule has 0 amide bonds. The van der Waals surface area contributed by atoms with Crippen molar-refractivity contribution in [1.29, 1.82) is 0 Å². The normalized spacial score (nSPS) is 12.9. The summed E-state index contributed by atoms with van der Waals surface area (Å²) in [7, 11) is 1.59. The van der Waals surface area contributed by atoms with Gasteiger partial charge in [0.1, 0.15) is 11.3 Å². The highest BCUT2D eigenvalue weighted by molar-refractivity contribution is 5.82. The topological polar surface area (TPSA) is 54.6 Å². The monoisotopic (exact) mass is 291 g/mol. The molecule has 0 aliphatic rings. The van der Waals surface area contributed by atoms with Gasteiger partial charge in [0.05, 0.1) is 12.7 Å². The molecule has 4 heteroatoms. The summed E-state index contributed by atoms with van der Waals surface area (Å²) in [6, 6.07) is 8.13. The number of nitrogens with one attached hydrogen (secondary N) is 1. The van der Waals surface area contributed by atoms with Crippen LogP contribution in [-0.4, -0.2) is 31.5 Å². The lowest BCUT2D eigenvalue weighted by atomic mass is 10.1. The van der Waals surface area contributed by atoms with Crippen molar-refractivity contribution in [3.8, 4) is 0 Å². The van der Waals surface area contributed by atoms with Crippen molar-refractivity contribution in [2.45, 2.75) is 38.8 Å². The Morgan fingerprint density at radius 3 is 2.90 bits per heavy atom. The van der Waals surface area contributed by atoms with E-state index in [-0.39, 0.29) is 0 Å². The summed E-state index contributed by atoms with van der Waals surface area (Å²) < 4.78 is 10.9. The van der Waals surface area contributed by atoms with Gasteiger partial charge in [-0.1, -0.05) is 31.5 Å². The van der Waals surface area contributed by atoms with Crippen LogP contribution in [0.5, 0.6) is 0 Å². The maximum Gasteiger partial charge on any atom is 0.134 e. The highest BCUT2D eigenvalue weighted by Crippen LogP contribution is 2.27. The first kappa shape index (κ1) is 16.0. The Morgan fingerprint density at radius 1 is 1.33 bits per heavy atom. The molecule has 0 saturated heterocycles. The molecule has 1 aromatic heterocycles. The second kappa shape index (κ2) is 8.17. The number of para-hydroxylation sites is 1. The van der Waals surface area contributed by atoms with Crippen molar-refractivity contribution in [2.24, 2.45) is 0 Å². The van der Waals surface area contributed by atoms with E-state index in [1.54, 1.807) is 7.11 Å². The quantitative estimate of drug-likeness (QED) is 0.746. The number of aryl methyl sites for hydroxylation is 1. The number of aliphatic hydroxyl groups is 1. The van der Waals surface area contributed by atoms with Gasteiger partial charge in [-0.05, 0) is 12.5 Å². The second-order valence-corrected chi connectivity index (χ2v) is 5.34. The summed E-state index contributed by atoms with van der Waals surface area (Å²) in [4.78, 5) is 0. The third kappa shape index (κ3) is 4.30. The number of hydrogen-bond acceptors (Lipinski definition) is 4. The minimum atomic E-state index is -0.479. The average Bonchev–Trinajstić information content (AvgIpc) is 2.83. The van der Waals surface area contributed by atoms with Crippen molar-refractivity contribution in [1.82, 2.24) is 5.32 Å². The van der Waals surface area contributed by atoms with Gasteiger partial charge in [-0.2, -0.15) is 0 Å². The molecule has 1 atom stereocenters. The van der Waals surface area contributed by atoms with Crippen LogP contribution in [0.4, 0.5) is 0 Å². The lowest BCUT2D eigenvalue weighted by Gasteiger charge is -2.11. The van der Waals surface area contributed by atoms with Crippen molar-refractivity contribution < 1.29 is 14.3 Å². The molecular weight excluding hydrogens is 266 g/mol. The van der Waals surface area contributed by atoms with Crippen LogP contribution in [0.3, 0.4) is 0 Å². The van der Waals surface area contributed by atoms with Crippen LogP contribution in [0.25, 0.3) is 11.0 Å². The molecule has 0 bridgehead atoms. The lowest BCUT2D eigenvalue weighted by Crippen LogP contribution is -2.29. The molecule has 0 aliphatic carbocycles. The van der Waals surface area contributed by atoms with Crippen molar-refractivity contribution in [2.75, 3.05) is 20.3 Å². The van der Waals surface area contributed by atoms with E-state index in [0.717, 1.165) is 36.0 Å². The van der Waals surface area contributed by atoms with Gasteiger partial charge in [-0.15, -0.1) is 0 Å². The minimum absolute atomic E-state index is 0.349. The van der Waals surface area contributed by atoms with E-state index in [0.29, 0.717) is 19.7 Å². The summed E-state index contributed by atoms with van der Waals surface area (Å²) in [5.41, 5.74) is 2.15. The summed E-state index contributed by atoms with van der Waals surface area (Å²) in [6.07, 6.45) is 2.76. The number of unbranched alkanes of at least 4 members (excludes halogenated alkanes) is 1. The number of furan rings is 1. The molecule has 21 heavy (non-hydrogen) atoms. The molecule has 0 aliphatic heterocycles. The van der Waals surface area contributed by atoms with E-state index in [1.165, 1.54) is 5.56 Å². The van der Waals surface area contributed by atoms with Crippen LogP contribution < -0.4 is 5.32 Å². The van der Waals surface area contributed by atoms with Crippen LogP contribution in [0.2, 0.25) is 0 Å². The highest BCUT2D eigenvalue weighted by atomic mass is 16.5. The first-order chi connectivity index (χ1) is 10.3. The molecule has 2 N–H and O–H groups in total. The summed E-state index contributed by atoms with van der Waals surface area (Å²) in [6.45, 7) is 3.75. The van der Waals surface area contributed by atoms with E-state index in [9.17, 15) is 5.11 Å². The van der Waals surface area contributed by atoms with Gasteiger partial charge in [-0.3, -0.25) is 0 Å². The van der Waals surface area contributed by atoms with E-state index in [4.69, 9.17) is 9.15 Å². The van der Waals surface area contributed by atoms with Crippen LogP contribution in [0.1, 0.15) is 31.1 Å². The van der Waals surface area contributed by atoms with Crippen molar-refractivity contribution in [3.63, 3.8) is 0 Å². The molecule has 4 nitrogen and oxygen atoms in total. The van der Waals surface area contributed by atoms with Crippen LogP contribution >= 0.6 is 0 Å². The Hall–Kier alpha value is -1.36. The fraction of sp³-hybridized carbons (Fsp3) is 0.529. The molecule has 1 aromatic carbocycles. The number of fused-ring (bicyclic) bond motifs is 1. The first-order valence-electron chi connectivity index (χ1n) is 7.63. The van der Waals surface area contributed by atoms with E-state index in [2.05, 4.69) is 18.3 Å². The van der Waals surface area contributed by atoms with Gasteiger partial charge >= 0.3 is 0 Å². The van der Waals surface area contributed by atoms with Gasteiger partial charge in [0.25, 0.3) is 0 Å². The zero-order valence-corrected chi connectivity index (χ0v) is 12.9. The smallest absolute Gasteiger partial charge is 0.134 e. The standard InChI is InChI=1S/C17H25NO3/c1-3-4-8-17-15(11-18-10-13(19)12-20-2)14-7-5-6-9-16(14)21-17/h5-7,9,13,18-19H,3-4,8,10-12H2,1-2H3. The van der Waals surface area contributed by atoms with Gasteiger partial charge in [0.15, 0.2) is 0 Å². The molecule has 0 saturated carbocycles. The molecule has 2 aromatic rings. The molecule has 1 unspecified atom stereocenters. The Balaban J connectivity index is 2.08. The first-order valence-corrected chi connectivity index (χ1v) is 7.63. The average molecular weight is 291 g/mol. The van der Waals surface area contributed by atoms with Gasteiger partial charge < -0.3 is 19.6 Å². The predicted octanol–water partition coefficient (Wildman–Crippen LogP) is 2.87. The number of hydrogen-bond donors (Lipinski definition) is 2. The van der Waals surface area contributed by atoms with Crippen LogP contribution in [0.15, 0.2) is 28.7 Å². The Bertz CT molecular complexity index is 550. The minimum Gasteiger partial charge on any atom is -0.461 e. The SMILES string of the molecule is CCCCc1oc2ccccc2c1CNCC(O)COC. The van der Waals surface area contributed by atoms with Gasteiger partial charge in [-0.25, -0.2) is 0 Å². The molecule has 116 valence electrons. The fourth-order valence-electron chi connectivity index (χ4n) is 2.50. The van der Waals surface area contributed by atoms with Gasteiger partial charge in [0.2, 0.25) is 0 Å². The Morgan fingerprint density at radius 2 is 2.14 bits per heavy atom. The number of rotatable bonds is 9. The maximum atomic E-state index is 9.69. The Labute approximate surface area is 126 Å². The van der Waals surface area contributed by atoms with Gasteiger partial charge in [0, 0.05) is 37.6 Å². The fourth-order valence-corrected chi connectivity index (χ4v) is 2.50. The van der Waals surface area contributed by atoms with Crippen molar-refractivity contribution >= 4 is 11.0 Å². The lowest BCUT2D eigenvalue weighted by molar-refractivity contribution is 0.0644. The third-order valence-electron chi connectivity index (χ3n) is 3.58. The van der Waals surface area contributed by atoms with Crippen LogP contribution in [-0.2, 0) is 17.7 Å². The molecule has 0 radical (unpaired) electrons. The zero-order chi connectivity index (χ0) is 15.1. The largest absolute Gasteiger partial charge is 0.461 e. The number of methoxy groups -OCH3 is 1.